The third kappa shape index (κ3) is 3.30. The van der Waals surface area contributed by atoms with E-state index in [0.717, 1.165) is 17.0 Å². The molecule has 0 unspecified atom stereocenters. The molecule has 9 heteroatoms. The molecule has 5 rings (SSSR count). The lowest BCUT2D eigenvalue weighted by atomic mass is 9.95. The zero-order chi connectivity index (χ0) is 20.7. The Morgan fingerprint density at radius 1 is 1.23 bits per heavy atom. The summed E-state index contributed by atoms with van der Waals surface area (Å²) < 4.78 is 20.9. The van der Waals surface area contributed by atoms with Crippen LogP contribution in [0.3, 0.4) is 0 Å². The fourth-order valence-corrected chi connectivity index (χ4v) is 4.23. The van der Waals surface area contributed by atoms with Crippen molar-refractivity contribution < 1.29 is 13.9 Å². The second-order valence-corrected chi connectivity index (χ2v) is 7.54. The number of nitrogens with zero attached hydrogens (tertiary/aromatic N) is 4. The van der Waals surface area contributed by atoms with Crippen molar-refractivity contribution in [3.8, 4) is 5.69 Å². The summed E-state index contributed by atoms with van der Waals surface area (Å²) >= 11 is 0. The molecule has 1 saturated heterocycles. The Kier molecular flexibility index (Phi) is 4.66. The van der Waals surface area contributed by atoms with Crippen LogP contribution in [0.4, 0.5) is 4.39 Å². The first-order chi connectivity index (χ1) is 14.6. The molecule has 2 aliphatic rings. The van der Waals surface area contributed by atoms with E-state index in [1.54, 1.807) is 27.9 Å². The lowest BCUT2D eigenvalue weighted by Gasteiger charge is -2.31. The van der Waals surface area contributed by atoms with Crippen LogP contribution in [0.15, 0.2) is 47.4 Å². The van der Waals surface area contributed by atoms with Gasteiger partial charge in [0.15, 0.2) is 0 Å². The summed E-state index contributed by atoms with van der Waals surface area (Å²) in [5.41, 5.74) is 2.80. The van der Waals surface area contributed by atoms with Gasteiger partial charge >= 0.3 is 0 Å². The van der Waals surface area contributed by atoms with Crippen LogP contribution in [0.2, 0.25) is 0 Å². The number of aromatic nitrogens is 4. The third-order valence-electron chi connectivity index (χ3n) is 5.71. The quantitative estimate of drug-likeness (QED) is 0.712. The van der Waals surface area contributed by atoms with Gasteiger partial charge in [0.25, 0.3) is 5.56 Å². The molecule has 3 aromatic rings. The monoisotopic (exact) mass is 409 g/mol. The lowest BCUT2D eigenvalue weighted by molar-refractivity contribution is -0.138. The fraction of sp³-hybridized carbons (Fsp3) is 0.333. The van der Waals surface area contributed by atoms with E-state index in [2.05, 4.69) is 15.3 Å². The molecule has 0 saturated carbocycles. The maximum Gasteiger partial charge on any atom is 0.264 e. The Hall–Kier alpha value is -3.33. The van der Waals surface area contributed by atoms with E-state index in [1.165, 1.54) is 18.2 Å². The number of ether oxygens (including phenoxy) is 1. The highest BCUT2D eigenvalue weighted by Gasteiger charge is 2.40. The van der Waals surface area contributed by atoms with Crippen LogP contribution in [0.5, 0.6) is 0 Å². The van der Waals surface area contributed by atoms with Crippen LogP contribution in [-0.2, 0) is 22.5 Å². The van der Waals surface area contributed by atoms with Crippen molar-refractivity contribution in [3.63, 3.8) is 0 Å². The average molecular weight is 409 g/mol. The highest BCUT2D eigenvalue weighted by atomic mass is 19.1. The van der Waals surface area contributed by atoms with Gasteiger partial charge in [0.1, 0.15) is 11.9 Å². The van der Waals surface area contributed by atoms with Crippen molar-refractivity contribution in [2.75, 3.05) is 13.2 Å². The Morgan fingerprint density at radius 2 is 2.07 bits per heavy atom. The van der Waals surface area contributed by atoms with Gasteiger partial charge in [-0.15, -0.1) is 0 Å². The maximum absolute atomic E-state index is 13.4. The number of H-pyrrole nitrogens is 1. The molecule has 30 heavy (non-hydrogen) atoms. The molecular weight excluding hydrogens is 389 g/mol. The molecule has 4 heterocycles. The fourth-order valence-electron chi connectivity index (χ4n) is 4.23. The van der Waals surface area contributed by atoms with Crippen molar-refractivity contribution in [2.45, 2.75) is 25.5 Å². The summed E-state index contributed by atoms with van der Waals surface area (Å²) in [4.78, 5) is 26.7. The number of carbonyl (C=O) groups excluding carboxylic acids is 1. The summed E-state index contributed by atoms with van der Waals surface area (Å²) in [5.74, 6) is -0.677. The van der Waals surface area contributed by atoms with Crippen LogP contribution < -0.4 is 5.56 Å². The van der Waals surface area contributed by atoms with Gasteiger partial charge in [-0.25, -0.2) is 14.2 Å². The number of halogens is 1. The highest BCUT2D eigenvalue weighted by Crippen LogP contribution is 2.37. The normalized spacial score (nSPS) is 20.9. The van der Waals surface area contributed by atoms with Crippen molar-refractivity contribution in [1.29, 1.82) is 0 Å². The first kappa shape index (κ1) is 18.7. The van der Waals surface area contributed by atoms with E-state index in [0.29, 0.717) is 38.2 Å². The average Bonchev–Trinajstić information content (AvgIpc) is 3.42. The number of amides is 1. The molecule has 0 radical (unpaired) electrons. The number of hydrogen-bond acceptors (Lipinski definition) is 5. The SMILES string of the molecule is O=C([C@H]1CCO[C@@H]1c1ccnn1-c1ccc(F)cc1)N1CCc2n[nH]c(=O)cc2C1. The van der Waals surface area contributed by atoms with E-state index in [9.17, 15) is 14.0 Å². The highest BCUT2D eigenvalue weighted by molar-refractivity contribution is 5.80. The van der Waals surface area contributed by atoms with E-state index >= 15 is 0 Å². The van der Waals surface area contributed by atoms with Gasteiger partial charge in [-0.2, -0.15) is 10.2 Å². The lowest BCUT2D eigenvalue weighted by Crippen LogP contribution is -2.41. The Bertz CT molecular complexity index is 1140. The van der Waals surface area contributed by atoms with Gasteiger partial charge in [0.2, 0.25) is 5.91 Å². The van der Waals surface area contributed by atoms with E-state index in [-0.39, 0.29) is 23.2 Å². The molecule has 0 spiro atoms. The standard InChI is InChI=1S/C21H20FN5O3/c22-14-1-3-15(4-2-14)27-18(5-8-23-27)20-16(7-10-30-20)21(29)26-9-6-17-13(12-26)11-19(28)25-24-17/h1-5,8,11,16,20H,6-7,9-10,12H2,(H,25,28)/t16-,20-/m0/s1. The Balaban J connectivity index is 1.40. The minimum Gasteiger partial charge on any atom is -0.371 e. The largest absolute Gasteiger partial charge is 0.371 e. The van der Waals surface area contributed by atoms with Gasteiger partial charge in [-0.1, -0.05) is 0 Å². The first-order valence-electron chi connectivity index (χ1n) is 9.88. The van der Waals surface area contributed by atoms with Crippen LogP contribution in [0.1, 0.15) is 29.5 Å². The first-order valence-corrected chi connectivity index (χ1v) is 9.88. The minimum atomic E-state index is -0.441. The molecule has 2 aromatic heterocycles. The molecule has 1 N–H and O–H groups in total. The molecule has 2 aliphatic heterocycles. The number of benzene rings is 1. The molecule has 0 bridgehead atoms. The Labute approximate surface area is 171 Å². The Morgan fingerprint density at radius 3 is 2.90 bits per heavy atom. The number of fused-ring (bicyclic) bond motifs is 1. The van der Waals surface area contributed by atoms with Crippen LogP contribution in [-0.4, -0.2) is 43.9 Å². The summed E-state index contributed by atoms with van der Waals surface area (Å²) in [7, 11) is 0. The summed E-state index contributed by atoms with van der Waals surface area (Å²) in [5, 5.41) is 10.9. The summed E-state index contributed by atoms with van der Waals surface area (Å²) in [6.07, 6.45) is 2.42. The van der Waals surface area contributed by atoms with Crippen molar-refractivity contribution in [2.24, 2.45) is 5.92 Å². The number of rotatable bonds is 3. The van der Waals surface area contributed by atoms with Gasteiger partial charge in [0, 0.05) is 43.9 Å². The number of carbonyl (C=O) groups is 1. The molecule has 8 nitrogen and oxygen atoms in total. The minimum absolute atomic E-state index is 0.00436. The summed E-state index contributed by atoms with van der Waals surface area (Å²) in [6, 6.07) is 9.37. The molecule has 1 amide bonds. The number of hydrogen-bond donors (Lipinski definition) is 1. The predicted molar refractivity (Wildman–Crippen MR) is 104 cm³/mol. The van der Waals surface area contributed by atoms with Gasteiger partial charge in [-0.05, 0) is 36.8 Å². The van der Waals surface area contributed by atoms with Crippen molar-refractivity contribution >= 4 is 5.91 Å². The molecular formula is C21H20FN5O3. The third-order valence-corrected chi connectivity index (χ3v) is 5.71. The van der Waals surface area contributed by atoms with E-state index < -0.39 is 6.10 Å². The number of nitrogens with one attached hydrogen (secondary N) is 1. The van der Waals surface area contributed by atoms with Crippen LogP contribution in [0, 0.1) is 11.7 Å². The molecule has 1 fully saturated rings. The second-order valence-electron chi connectivity index (χ2n) is 7.54. The predicted octanol–water partition coefficient (Wildman–Crippen LogP) is 1.76. The smallest absolute Gasteiger partial charge is 0.264 e. The molecule has 154 valence electrons. The topological polar surface area (TPSA) is 93.1 Å². The molecule has 1 aromatic carbocycles. The van der Waals surface area contributed by atoms with Gasteiger partial charge in [0.05, 0.1) is 23.0 Å². The van der Waals surface area contributed by atoms with E-state index in [1.807, 2.05) is 6.07 Å². The maximum atomic E-state index is 13.4. The van der Waals surface area contributed by atoms with Crippen LogP contribution >= 0.6 is 0 Å². The number of aromatic amines is 1. The molecule has 0 aliphatic carbocycles. The van der Waals surface area contributed by atoms with Gasteiger partial charge < -0.3 is 9.64 Å². The zero-order valence-corrected chi connectivity index (χ0v) is 16.1. The molecule has 2 atom stereocenters. The van der Waals surface area contributed by atoms with E-state index in [4.69, 9.17) is 4.74 Å². The second kappa shape index (κ2) is 7.49. The van der Waals surface area contributed by atoms with Gasteiger partial charge in [-0.3, -0.25) is 9.59 Å². The summed E-state index contributed by atoms with van der Waals surface area (Å²) in [6.45, 7) is 1.39. The van der Waals surface area contributed by atoms with Crippen molar-refractivity contribution in [1.82, 2.24) is 24.9 Å². The van der Waals surface area contributed by atoms with Crippen LogP contribution in [0.25, 0.3) is 5.69 Å². The zero-order valence-electron chi connectivity index (χ0n) is 16.1. The van der Waals surface area contributed by atoms with Crippen molar-refractivity contribution in [3.05, 3.63) is 75.7 Å².